The van der Waals surface area contributed by atoms with Crippen LogP contribution < -0.4 is 15.8 Å². The molecule has 1 amide bonds. The molecule has 4 rings (SSSR count). The van der Waals surface area contributed by atoms with Crippen molar-refractivity contribution in [2.75, 3.05) is 44.2 Å². The lowest BCUT2D eigenvalue weighted by molar-refractivity contribution is 0.0945. The second kappa shape index (κ2) is 8.75. The fourth-order valence-electron chi connectivity index (χ4n) is 3.74. The molecule has 3 aromatic rings. The molecule has 0 saturated carbocycles. The van der Waals surface area contributed by atoms with E-state index in [1.807, 2.05) is 30.5 Å². The number of hydrogen-bond acceptors (Lipinski definition) is 6. The number of aromatic nitrogens is 2. The van der Waals surface area contributed by atoms with Crippen LogP contribution in [0.25, 0.3) is 4.96 Å². The summed E-state index contributed by atoms with van der Waals surface area (Å²) in [7, 11) is 0. The average molecular weight is 446 g/mol. The third-order valence-electron chi connectivity index (χ3n) is 5.46. The van der Waals surface area contributed by atoms with Crippen LogP contribution in [-0.2, 0) is 0 Å². The third kappa shape index (κ3) is 4.21. The highest BCUT2D eigenvalue weighted by Gasteiger charge is 2.19. The summed E-state index contributed by atoms with van der Waals surface area (Å²) >= 11 is 7.54. The molecule has 1 fully saturated rings. The Bertz CT molecular complexity index is 1130. The van der Waals surface area contributed by atoms with Crippen molar-refractivity contribution in [1.29, 1.82) is 0 Å². The van der Waals surface area contributed by atoms with Gasteiger partial charge in [0.2, 0.25) is 0 Å². The normalized spacial score (nSPS) is 15.0. The summed E-state index contributed by atoms with van der Waals surface area (Å²) in [5, 5.41) is 5.47. The predicted molar refractivity (Wildman–Crippen MR) is 121 cm³/mol. The molecule has 1 N–H and O–H groups in total. The summed E-state index contributed by atoms with van der Waals surface area (Å²) in [5.74, 6) is -0.374. The SMILES string of the molecule is Cc1ccc(Cl)cc1N1CCN(CCNC(=O)c2cnc3scc(C)n3c2=O)CC1. The van der Waals surface area contributed by atoms with E-state index >= 15 is 0 Å². The first-order valence-electron chi connectivity index (χ1n) is 9.91. The number of aryl methyl sites for hydroxylation is 2. The molecule has 2 aromatic heterocycles. The zero-order chi connectivity index (χ0) is 21.3. The van der Waals surface area contributed by atoms with Crippen molar-refractivity contribution in [3.63, 3.8) is 0 Å². The molecule has 30 heavy (non-hydrogen) atoms. The lowest BCUT2D eigenvalue weighted by Crippen LogP contribution is -2.48. The zero-order valence-corrected chi connectivity index (χ0v) is 18.6. The number of fused-ring (bicyclic) bond motifs is 1. The number of nitrogens with one attached hydrogen (secondary N) is 1. The zero-order valence-electron chi connectivity index (χ0n) is 17.0. The number of anilines is 1. The first-order valence-corrected chi connectivity index (χ1v) is 11.2. The number of piperazine rings is 1. The number of rotatable bonds is 5. The highest BCUT2D eigenvalue weighted by atomic mass is 35.5. The Labute approximate surface area is 183 Å². The maximum absolute atomic E-state index is 12.6. The molecule has 1 aliphatic heterocycles. The third-order valence-corrected chi connectivity index (χ3v) is 6.65. The molecule has 0 unspecified atom stereocenters. The highest BCUT2D eigenvalue weighted by molar-refractivity contribution is 7.15. The second-order valence-corrected chi connectivity index (χ2v) is 8.76. The molecule has 7 nitrogen and oxygen atoms in total. The van der Waals surface area contributed by atoms with Crippen LogP contribution in [0.2, 0.25) is 5.02 Å². The number of thiazole rings is 1. The molecule has 1 aromatic carbocycles. The Morgan fingerprint density at radius 1 is 1.23 bits per heavy atom. The number of carbonyl (C=O) groups is 1. The van der Waals surface area contributed by atoms with Crippen molar-refractivity contribution in [1.82, 2.24) is 19.6 Å². The van der Waals surface area contributed by atoms with E-state index in [2.05, 4.69) is 27.0 Å². The van der Waals surface area contributed by atoms with Crippen molar-refractivity contribution in [2.45, 2.75) is 13.8 Å². The van der Waals surface area contributed by atoms with E-state index in [0.29, 0.717) is 11.5 Å². The monoisotopic (exact) mass is 445 g/mol. The first kappa shape index (κ1) is 20.8. The van der Waals surface area contributed by atoms with Crippen molar-refractivity contribution < 1.29 is 4.79 Å². The van der Waals surface area contributed by atoms with Gasteiger partial charge in [0.15, 0.2) is 4.96 Å². The Hall–Kier alpha value is -2.42. The van der Waals surface area contributed by atoms with Crippen LogP contribution in [0.15, 0.2) is 34.6 Å². The van der Waals surface area contributed by atoms with E-state index in [-0.39, 0.29) is 17.0 Å². The minimum Gasteiger partial charge on any atom is -0.369 e. The van der Waals surface area contributed by atoms with E-state index in [9.17, 15) is 9.59 Å². The van der Waals surface area contributed by atoms with Gasteiger partial charge in [-0.25, -0.2) is 4.98 Å². The van der Waals surface area contributed by atoms with Crippen molar-refractivity contribution >= 4 is 39.5 Å². The number of halogens is 1. The number of nitrogens with zero attached hydrogens (tertiary/aromatic N) is 4. The molecule has 0 spiro atoms. The van der Waals surface area contributed by atoms with Gasteiger partial charge in [-0.15, -0.1) is 11.3 Å². The largest absolute Gasteiger partial charge is 0.369 e. The fraction of sp³-hybridized carbons (Fsp3) is 0.381. The molecule has 0 aliphatic carbocycles. The van der Waals surface area contributed by atoms with Gasteiger partial charge < -0.3 is 10.2 Å². The van der Waals surface area contributed by atoms with Gasteiger partial charge in [-0.3, -0.25) is 18.9 Å². The average Bonchev–Trinajstić information content (AvgIpc) is 3.12. The number of amides is 1. The predicted octanol–water partition coefficient (Wildman–Crippen LogP) is 2.58. The summed E-state index contributed by atoms with van der Waals surface area (Å²) in [6, 6.07) is 5.98. The fourth-order valence-corrected chi connectivity index (χ4v) is 4.73. The summed E-state index contributed by atoms with van der Waals surface area (Å²) in [5.41, 5.74) is 2.95. The van der Waals surface area contributed by atoms with Crippen LogP contribution in [0.1, 0.15) is 21.6 Å². The van der Waals surface area contributed by atoms with Gasteiger partial charge in [0.1, 0.15) is 5.56 Å². The molecule has 0 atom stereocenters. The number of hydrogen-bond donors (Lipinski definition) is 1. The van der Waals surface area contributed by atoms with Crippen molar-refractivity contribution in [2.24, 2.45) is 0 Å². The van der Waals surface area contributed by atoms with Gasteiger partial charge >= 0.3 is 0 Å². The quantitative estimate of drug-likeness (QED) is 0.653. The van der Waals surface area contributed by atoms with Gasteiger partial charge in [-0.1, -0.05) is 17.7 Å². The number of carbonyl (C=O) groups excluding carboxylic acids is 1. The molecule has 158 valence electrons. The van der Waals surface area contributed by atoms with Crippen LogP contribution in [0.3, 0.4) is 0 Å². The Balaban J connectivity index is 1.30. The second-order valence-electron chi connectivity index (χ2n) is 7.49. The molecular weight excluding hydrogens is 422 g/mol. The molecule has 0 radical (unpaired) electrons. The van der Waals surface area contributed by atoms with Gasteiger partial charge in [0, 0.05) is 67.2 Å². The van der Waals surface area contributed by atoms with Crippen LogP contribution >= 0.6 is 22.9 Å². The lowest BCUT2D eigenvalue weighted by atomic mass is 10.1. The summed E-state index contributed by atoms with van der Waals surface area (Å²) in [6.07, 6.45) is 1.37. The van der Waals surface area contributed by atoms with E-state index < -0.39 is 0 Å². The Morgan fingerprint density at radius 3 is 2.77 bits per heavy atom. The topological polar surface area (TPSA) is 69.9 Å². The molecular formula is C21H24ClN5O2S. The highest BCUT2D eigenvalue weighted by Crippen LogP contribution is 2.25. The minimum absolute atomic E-state index is 0.0789. The number of benzene rings is 1. The molecule has 9 heteroatoms. The van der Waals surface area contributed by atoms with Gasteiger partial charge in [0.05, 0.1) is 0 Å². The van der Waals surface area contributed by atoms with Crippen LogP contribution in [0, 0.1) is 13.8 Å². The van der Waals surface area contributed by atoms with Gasteiger partial charge in [0.25, 0.3) is 11.5 Å². The van der Waals surface area contributed by atoms with E-state index in [0.717, 1.165) is 43.4 Å². The Kier molecular flexibility index (Phi) is 6.08. The standard InChI is InChI=1S/C21H24ClN5O2S/c1-14-3-4-16(22)11-18(14)26-9-7-25(8-10-26)6-5-23-19(28)17-12-24-21-27(20(17)29)15(2)13-30-21/h3-4,11-13H,5-10H2,1-2H3,(H,23,28). The maximum atomic E-state index is 12.6. The molecule has 1 aliphatic rings. The lowest BCUT2D eigenvalue weighted by Gasteiger charge is -2.36. The Morgan fingerprint density at radius 2 is 2.00 bits per heavy atom. The summed E-state index contributed by atoms with van der Waals surface area (Å²) in [4.78, 5) is 34.6. The molecule has 0 bridgehead atoms. The van der Waals surface area contributed by atoms with E-state index in [4.69, 9.17) is 11.6 Å². The van der Waals surface area contributed by atoms with E-state index in [1.54, 1.807) is 0 Å². The first-order chi connectivity index (χ1) is 14.4. The smallest absolute Gasteiger partial charge is 0.271 e. The van der Waals surface area contributed by atoms with Crippen molar-refractivity contribution in [3.8, 4) is 0 Å². The summed E-state index contributed by atoms with van der Waals surface area (Å²) in [6.45, 7) is 8.79. The van der Waals surface area contributed by atoms with E-state index in [1.165, 1.54) is 33.2 Å². The van der Waals surface area contributed by atoms with Crippen LogP contribution in [0.4, 0.5) is 5.69 Å². The minimum atomic E-state index is -0.374. The summed E-state index contributed by atoms with van der Waals surface area (Å²) < 4.78 is 1.48. The van der Waals surface area contributed by atoms with Crippen LogP contribution in [-0.4, -0.2) is 59.5 Å². The maximum Gasteiger partial charge on any atom is 0.271 e. The van der Waals surface area contributed by atoms with Crippen LogP contribution in [0.5, 0.6) is 0 Å². The molecule has 3 heterocycles. The van der Waals surface area contributed by atoms with Crippen molar-refractivity contribution in [3.05, 3.63) is 62.0 Å². The molecule has 1 saturated heterocycles. The van der Waals surface area contributed by atoms with Gasteiger partial charge in [-0.05, 0) is 31.5 Å². The van der Waals surface area contributed by atoms with Gasteiger partial charge in [-0.2, -0.15) is 0 Å².